The van der Waals surface area contributed by atoms with Gasteiger partial charge < -0.3 is 20.6 Å². The number of carboxylic acid groups (broad SMARTS) is 1. The highest BCUT2D eigenvalue weighted by atomic mass is 35.5. The highest BCUT2D eigenvalue weighted by molar-refractivity contribution is 6.33. The number of aryl methyl sites for hydroxylation is 1. The molecule has 1 fully saturated rings. The van der Waals surface area contributed by atoms with E-state index in [1.165, 1.54) is 0 Å². The minimum absolute atomic E-state index is 0.0182. The van der Waals surface area contributed by atoms with Crippen LogP contribution in [0.1, 0.15) is 51.2 Å². The van der Waals surface area contributed by atoms with E-state index < -0.39 is 12.0 Å². The third-order valence-electron chi connectivity index (χ3n) is 5.69. The van der Waals surface area contributed by atoms with Crippen LogP contribution in [-0.2, 0) is 4.79 Å². The third-order valence-corrected chi connectivity index (χ3v) is 6.00. The molecule has 2 aromatic rings. The summed E-state index contributed by atoms with van der Waals surface area (Å²) in [6.45, 7) is 12.3. The van der Waals surface area contributed by atoms with Crippen molar-refractivity contribution >= 4 is 40.7 Å². The number of urea groups is 1. The minimum Gasteiger partial charge on any atom is -0.481 e. The van der Waals surface area contributed by atoms with Crippen molar-refractivity contribution in [2.45, 2.75) is 47.0 Å². The molecule has 0 spiro atoms. The predicted octanol–water partition coefficient (Wildman–Crippen LogP) is 6.60. The van der Waals surface area contributed by atoms with Crippen LogP contribution in [0.3, 0.4) is 0 Å². The fraction of sp³-hybridized carbons (Fsp3) is 0.462. The van der Waals surface area contributed by atoms with Crippen LogP contribution in [0.15, 0.2) is 36.4 Å². The van der Waals surface area contributed by atoms with Gasteiger partial charge in [-0.1, -0.05) is 51.4 Å². The number of carbonyl (C=O) groups is 2. The lowest BCUT2D eigenvalue weighted by Crippen LogP contribution is -2.32. The largest absolute Gasteiger partial charge is 0.481 e. The Balaban J connectivity index is 1.90. The smallest absolute Gasteiger partial charge is 0.323 e. The van der Waals surface area contributed by atoms with Crippen LogP contribution >= 0.6 is 11.6 Å². The molecule has 2 aromatic carbocycles. The molecule has 0 radical (unpaired) electrons. The molecule has 0 aliphatic heterocycles. The Labute approximate surface area is 201 Å². The van der Waals surface area contributed by atoms with Crippen molar-refractivity contribution in [1.29, 1.82) is 0 Å². The number of halogens is 1. The van der Waals surface area contributed by atoms with Crippen molar-refractivity contribution < 1.29 is 14.7 Å². The minimum atomic E-state index is -0.772. The maximum atomic E-state index is 12.9. The molecule has 7 heteroatoms. The van der Waals surface area contributed by atoms with Gasteiger partial charge in [-0.05, 0) is 66.5 Å². The molecular weight excluding hydrogens is 438 g/mol. The number of benzene rings is 2. The fourth-order valence-corrected chi connectivity index (χ4v) is 4.43. The van der Waals surface area contributed by atoms with E-state index in [-0.39, 0.29) is 11.8 Å². The van der Waals surface area contributed by atoms with Crippen LogP contribution in [0.5, 0.6) is 0 Å². The molecule has 2 atom stereocenters. The number of nitrogens with one attached hydrogen (secondary N) is 2. The molecule has 3 rings (SSSR count). The second-order valence-corrected chi connectivity index (χ2v) is 10.2. The van der Waals surface area contributed by atoms with Gasteiger partial charge in [-0.15, -0.1) is 0 Å². The van der Waals surface area contributed by atoms with Crippen molar-refractivity contribution in [1.82, 2.24) is 0 Å². The molecule has 33 heavy (non-hydrogen) atoms. The van der Waals surface area contributed by atoms with Crippen molar-refractivity contribution in [3.63, 3.8) is 0 Å². The van der Waals surface area contributed by atoms with E-state index in [2.05, 4.69) is 43.2 Å². The Morgan fingerprint density at radius 1 is 1.03 bits per heavy atom. The Kier molecular flexibility index (Phi) is 7.90. The lowest BCUT2D eigenvalue weighted by molar-refractivity contribution is -0.138. The van der Waals surface area contributed by atoms with Crippen LogP contribution in [0.25, 0.3) is 0 Å². The number of nitrogens with zero attached hydrogens (tertiary/aromatic N) is 1. The molecule has 1 aliphatic rings. The maximum Gasteiger partial charge on any atom is 0.323 e. The summed E-state index contributed by atoms with van der Waals surface area (Å²) in [5.41, 5.74) is 4.08. The summed E-state index contributed by atoms with van der Waals surface area (Å²) in [5, 5.41) is 15.7. The molecule has 6 nitrogen and oxygen atoms in total. The summed E-state index contributed by atoms with van der Waals surface area (Å²) >= 11 is 6.29. The van der Waals surface area contributed by atoms with Crippen molar-refractivity contribution in [3.8, 4) is 0 Å². The molecule has 0 heterocycles. The van der Waals surface area contributed by atoms with Crippen LogP contribution < -0.4 is 15.5 Å². The number of rotatable bonds is 9. The summed E-state index contributed by atoms with van der Waals surface area (Å²) in [4.78, 5) is 26.6. The van der Waals surface area contributed by atoms with Gasteiger partial charge in [0.25, 0.3) is 0 Å². The summed E-state index contributed by atoms with van der Waals surface area (Å²) in [6, 6.07) is 11.0. The van der Waals surface area contributed by atoms with Crippen LogP contribution in [-0.4, -0.2) is 30.2 Å². The number of hydrogen-bond donors (Lipinski definition) is 3. The van der Waals surface area contributed by atoms with Gasteiger partial charge in [-0.25, -0.2) is 4.79 Å². The van der Waals surface area contributed by atoms with Gasteiger partial charge in [-0.2, -0.15) is 0 Å². The number of carbonyl (C=O) groups excluding carboxylic acids is 1. The quantitative estimate of drug-likeness (QED) is 0.385. The average Bonchev–Trinajstić information content (AvgIpc) is 3.50. The van der Waals surface area contributed by atoms with E-state index in [1.807, 2.05) is 31.2 Å². The van der Waals surface area contributed by atoms with Crippen LogP contribution in [0, 0.1) is 24.7 Å². The molecule has 0 unspecified atom stereocenters. The van der Waals surface area contributed by atoms with E-state index in [9.17, 15) is 14.7 Å². The van der Waals surface area contributed by atoms with Crippen LogP contribution in [0.2, 0.25) is 5.02 Å². The van der Waals surface area contributed by atoms with Gasteiger partial charge in [0.15, 0.2) is 0 Å². The SMILES string of the molecule is Cc1ccc(NC(=O)Nc2cc([C@H]3C[C@H]3C(=O)O)ccc2N(CC(C)C)CC(C)C)c(Cl)c1. The van der Waals surface area contributed by atoms with E-state index in [0.717, 1.165) is 29.9 Å². The molecule has 0 saturated heterocycles. The number of amides is 2. The lowest BCUT2D eigenvalue weighted by Gasteiger charge is -2.31. The van der Waals surface area contributed by atoms with E-state index in [4.69, 9.17) is 11.6 Å². The Hall–Kier alpha value is -2.73. The molecule has 1 aliphatic carbocycles. The van der Waals surface area contributed by atoms with Gasteiger partial charge >= 0.3 is 12.0 Å². The van der Waals surface area contributed by atoms with Crippen molar-refractivity contribution in [2.24, 2.45) is 17.8 Å². The highest BCUT2D eigenvalue weighted by Crippen LogP contribution is 2.49. The third kappa shape index (κ3) is 6.64. The molecule has 1 saturated carbocycles. The van der Waals surface area contributed by atoms with Gasteiger partial charge in [0.05, 0.1) is 28.0 Å². The topological polar surface area (TPSA) is 81.7 Å². The standard InChI is InChI=1S/C26H34ClN3O3/c1-15(2)13-30(14-16(3)4)24-9-7-18(19-12-20(19)25(31)32)11-23(24)29-26(33)28-22-8-6-17(5)10-21(22)27/h6-11,15-16,19-20H,12-14H2,1-5H3,(H,31,32)(H2,28,29,33)/t19-,20-/m1/s1. The van der Waals surface area contributed by atoms with Gasteiger partial charge in [0.1, 0.15) is 0 Å². The Bertz CT molecular complexity index is 1010. The van der Waals surface area contributed by atoms with Crippen molar-refractivity contribution in [3.05, 3.63) is 52.5 Å². The van der Waals surface area contributed by atoms with Gasteiger partial charge in [0, 0.05) is 13.1 Å². The first-order chi connectivity index (χ1) is 15.5. The number of carboxylic acids is 1. The highest BCUT2D eigenvalue weighted by Gasteiger charge is 2.44. The molecule has 0 bridgehead atoms. The summed E-state index contributed by atoms with van der Waals surface area (Å²) < 4.78 is 0. The monoisotopic (exact) mass is 471 g/mol. The second-order valence-electron chi connectivity index (χ2n) is 9.82. The summed E-state index contributed by atoms with van der Waals surface area (Å²) in [5.74, 6) is -0.263. The normalized spacial score (nSPS) is 17.2. The first-order valence-electron chi connectivity index (χ1n) is 11.5. The Morgan fingerprint density at radius 2 is 1.67 bits per heavy atom. The number of aliphatic carboxylic acids is 1. The maximum absolute atomic E-state index is 12.9. The van der Waals surface area contributed by atoms with E-state index in [0.29, 0.717) is 34.7 Å². The van der Waals surface area contributed by atoms with E-state index >= 15 is 0 Å². The first-order valence-corrected chi connectivity index (χ1v) is 11.9. The zero-order valence-corrected chi connectivity index (χ0v) is 20.7. The predicted molar refractivity (Wildman–Crippen MR) is 136 cm³/mol. The molecule has 178 valence electrons. The lowest BCUT2D eigenvalue weighted by atomic mass is 10.0. The average molecular weight is 472 g/mol. The molecule has 3 N–H and O–H groups in total. The van der Waals surface area contributed by atoms with Gasteiger partial charge in [0.2, 0.25) is 0 Å². The van der Waals surface area contributed by atoms with Gasteiger partial charge in [-0.3, -0.25) is 4.79 Å². The molecule has 0 aromatic heterocycles. The fourth-order valence-electron chi connectivity index (χ4n) is 4.15. The summed E-state index contributed by atoms with van der Waals surface area (Å²) in [6.07, 6.45) is 0.626. The zero-order chi connectivity index (χ0) is 24.3. The van der Waals surface area contributed by atoms with Crippen molar-refractivity contribution in [2.75, 3.05) is 28.6 Å². The number of hydrogen-bond acceptors (Lipinski definition) is 3. The second kappa shape index (κ2) is 10.5. The Morgan fingerprint density at radius 3 is 2.21 bits per heavy atom. The zero-order valence-electron chi connectivity index (χ0n) is 20.0. The van der Waals surface area contributed by atoms with Crippen LogP contribution in [0.4, 0.5) is 21.9 Å². The molecular formula is C26H34ClN3O3. The summed E-state index contributed by atoms with van der Waals surface area (Å²) in [7, 11) is 0. The van der Waals surface area contributed by atoms with E-state index in [1.54, 1.807) is 12.1 Å². The molecule has 2 amide bonds. The first kappa shape index (κ1) is 24.9. The number of anilines is 3.